The first kappa shape index (κ1) is 25.1. The highest BCUT2D eigenvalue weighted by Gasteiger charge is 2.54. The van der Waals surface area contributed by atoms with Crippen LogP contribution in [0.5, 0.6) is 0 Å². The molecule has 0 aromatic carbocycles. The minimum Gasteiger partial charge on any atom is -0.477 e. The van der Waals surface area contributed by atoms with E-state index in [1.165, 1.54) is 28.6 Å². The van der Waals surface area contributed by atoms with E-state index in [1.807, 2.05) is 0 Å². The fraction of sp³-hybridized carbons (Fsp3) is 0.235. The van der Waals surface area contributed by atoms with Crippen molar-refractivity contribution in [3.8, 4) is 0 Å². The molecular formula is C17H17N7O7S3. The van der Waals surface area contributed by atoms with Crippen LogP contribution < -0.4 is 22.1 Å². The first-order valence-corrected chi connectivity index (χ1v) is 12.0. The Morgan fingerprint density at radius 2 is 2.09 bits per heavy atom. The number of amides is 4. The van der Waals surface area contributed by atoms with Crippen molar-refractivity contribution in [1.82, 2.24) is 20.5 Å². The van der Waals surface area contributed by atoms with Gasteiger partial charge >= 0.3 is 17.8 Å². The number of thioether (sulfide) groups is 2. The zero-order chi connectivity index (χ0) is 25.0. The van der Waals surface area contributed by atoms with Gasteiger partial charge in [0.2, 0.25) is 0 Å². The van der Waals surface area contributed by atoms with Crippen LogP contribution in [0.15, 0.2) is 32.6 Å². The van der Waals surface area contributed by atoms with E-state index in [9.17, 15) is 34.3 Å². The molecule has 1 aromatic heterocycles. The third kappa shape index (κ3) is 5.15. The number of oxime groups is 1. The fourth-order valence-corrected chi connectivity index (χ4v) is 5.79. The summed E-state index contributed by atoms with van der Waals surface area (Å²) in [6.07, 6.45) is 1.48. The van der Waals surface area contributed by atoms with E-state index in [4.69, 9.17) is 11.5 Å². The number of carbonyl (C=O) groups excluding carboxylic acids is 4. The Morgan fingerprint density at radius 1 is 1.35 bits per heavy atom. The maximum atomic E-state index is 12.7. The van der Waals surface area contributed by atoms with E-state index in [-0.39, 0.29) is 28.8 Å². The summed E-state index contributed by atoms with van der Waals surface area (Å²) in [4.78, 5) is 64.2. The SMILES string of the molecule is NC(=O)C(=O)NC/C=C\SC1=C(C(=O)O)N2C(=O)C(NC(=O)/C(=N\O)c3csc(N)n3)[C@H]2SC1. The summed E-state index contributed by atoms with van der Waals surface area (Å²) in [5, 5.41) is 28.9. The molecule has 180 valence electrons. The molecule has 17 heteroatoms. The van der Waals surface area contributed by atoms with Crippen LogP contribution in [0.25, 0.3) is 0 Å². The summed E-state index contributed by atoms with van der Waals surface area (Å²) in [5.74, 6) is -4.69. The number of nitrogen functional groups attached to an aromatic ring is 1. The molecule has 1 fully saturated rings. The standard InChI is InChI=1S/C17H17N7O7S3/c18-11(25)13(27)20-2-1-3-32-7-5-33-15-9(14(28)24(15)10(7)16(29)30)22-12(26)8(23-31)6-4-34-17(19)21-6/h1,3-4,9,15,31H,2,5H2,(H2,18,25)(H2,19,21)(H,20,27)(H,22,26)(H,29,30)/b3-1-,23-8-/t9?,15-/m1/s1. The Balaban J connectivity index is 1.67. The van der Waals surface area contributed by atoms with Gasteiger partial charge in [0.15, 0.2) is 10.8 Å². The number of primary amides is 1. The molecule has 0 saturated carbocycles. The van der Waals surface area contributed by atoms with Crippen molar-refractivity contribution in [2.45, 2.75) is 11.4 Å². The summed E-state index contributed by atoms with van der Waals surface area (Å²) < 4.78 is 0. The van der Waals surface area contributed by atoms with Crippen LogP contribution in [0.2, 0.25) is 0 Å². The van der Waals surface area contributed by atoms with Gasteiger partial charge in [0.05, 0.1) is 0 Å². The van der Waals surface area contributed by atoms with Crippen LogP contribution in [0.4, 0.5) is 5.13 Å². The number of nitrogens with zero attached hydrogens (tertiary/aromatic N) is 3. The lowest BCUT2D eigenvalue weighted by atomic mass is 10.0. The molecule has 34 heavy (non-hydrogen) atoms. The van der Waals surface area contributed by atoms with Crippen LogP contribution in [0.1, 0.15) is 5.69 Å². The molecule has 14 nitrogen and oxygen atoms in total. The second-order valence-electron chi connectivity index (χ2n) is 6.52. The summed E-state index contributed by atoms with van der Waals surface area (Å²) in [6.45, 7) is -0.00361. The summed E-state index contributed by atoms with van der Waals surface area (Å²) in [7, 11) is 0. The molecule has 0 radical (unpaired) electrons. The predicted molar refractivity (Wildman–Crippen MR) is 123 cm³/mol. The van der Waals surface area contributed by atoms with Crippen molar-refractivity contribution in [2.24, 2.45) is 10.9 Å². The number of hydrogen-bond donors (Lipinski definition) is 6. The van der Waals surface area contributed by atoms with Crippen molar-refractivity contribution in [1.29, 1.82) is 0 Å². The highest BCUT2D eigenvalue weighted by molar-refractivity contribution is 8.08. The number of β-lactam (4-membered cyclic amide) rings is 1. The average Bonchev–Trinajstić information content (AvgIpc) is 3.22. The number of carboxylic acids is 1. The molecular weight excluding hydrogens is 510 g/mol. The zero-order valence-corrected chi connectivity index (χ0v) is 19.4. The van der Waals surface area contributed by atoms with Gasteiger partial charge < -0.3 is 32.4 Å². The number of aromatic nitrogens is 1. The van der Waals surface area contributed by atoms with E-state index in [0.29, 0.717) is 4.91 Å². The molecule has 0 spiro atoms. The number of thiazole rings is 1. The molecule has 2 atom stereocenters. The van der Waals surface area contributed by atoms with Crippen molar-refractivity contribution >= 4 is 75.3 Å². The topological polar surface area (TPSA) is 230 Å². The molecule has 1 aromatic rings. The number of anilines is 1. The predicted octanol–water partition coefficient (Wildman–Crippen LogP) is -1.55. The number of carboxylic acid groups (broad SMARTS) is 1. The Morgan fingerprint density at radius 3 is 2.68 bits per heavy atom. The third-order valence-corrected chi connectivity index (χ3v) is 7.50. The Labute approximate surface area is 203 Å². The maximum absolute atomic E-state index is 12.7. The van der Waals surface area contributed by atoms with Crippen LogP contribution in [-0.4, -0.2) is 79.2 Å². The van der Waals surface area contributed by atoms with Gasteiger partial charge in [-0.05, 0) is 5.41 Å². The number of carbonyl (C=O) groups is 5. The average molecular weight is 528 g/mol. The number of nitrogens with two attached hydrogens (primary N) is 2. The van der Waals surface area contributed by atoms with Crippen LogP contribution in [0, 0.1) is 0 Å². The molecule has 4 amide bonds. The fourth-order valence-electron chi connectivity index (χ4n) is 2.92. The first-order valence-electron chi connectivity index (χ1n) is 9.20. The smallest absolute Gasteiger partial charge is 0.353 e. The van der Waals surface area contributed by atoms with E-state index in [0.717, 1.165) is 28.0 Å². The van der Waals surface area contributed by atoms with Crippen LogP contribution in [0.3, 0.4) is 0 Å². The minimum atomic E-state index is -1.32. The summed E-state index contributed by atoms with van der Waals surface area (Å²) in [6, 6.07) is -1.04. The Bertz CT molecular complexity index is 1150. The second kappa shape index (κ2) is 10.6. The van der Waals surface area contributed by atoms with E-state index >= 15 is 0 Å². The minimum absolute atomic E-state index is 0.00361. The molecule has 0 bridgehead atoms. The number of aliphatic carboxylic acids is 1. The lowest BCUT2D eigenvalue weighted by Gasteiger charge is -2.49. The Kier molecular flexibility index (Phi) is 7.79. The van der Waals surface area contributed by atoms with Crippen molar-refractivity contribution < 1.29 is 34.3 Å². The van der Waals surface area contributed by atoms with E-state index in [1.54, 1.807) is 0 Å². The highest BCUT2D eigenvalue weighted by Crippen LogP contribution is 2.43. The van der Waals surface area contributed by atoms with Gasteiger partial charge in [-0.1, -0.05) is 23.0 Å². The van der Waals surface area contributed by atoms with E-state index in [2.05, 4.69) is 20.8 Å². The molecule has 8 N–H and O–H groups in total. The van der Waals surface area contributed by atoms with Crippen molar-refractivity contribution in [2.75, 3.05) is 18.0 Å². The van der Waals surface area contributed by atoms with Gasteiger partial charge in [0, 0.05) is 22.6 Å². The molecule has 1 saturated heterocycles. The normalized spacial score (nSPS) is 20.1. The molecule has 3 heterocycles. The summed E-state index contributed by atoms with van der Waals surface area (Å²) in [5.41, 5.74) is 9.72. The van der Waals surface area contributed by atoms with Gasteiger partial charge in [-0.3, -0.25) is 24.1 Å². The van der Waals surface area contributed by atoms with E-state index < -0.39 is 46.7 Å². The lowest BCUT2D eigenvalue weighted by Crippen LogP contribution is -2.71. The molecule has 2 aliphatic rings. The monoisotopic (exact) mass is 527 g/mol. The quantitative estimate of drug-likeness (QED) is 0.0744. The molecule has 3 rings (SSSR count). The van der Waals surface area contributed by atoms with Crippen LogP contribution >= 0.6 is 34.9 Å². The molecule has 0 aliphatic carbocycles. The second-order valence-corrected chi connectivity index (χ2v) is 9.52. The van der Waals surface area contributed by atoms with Gasteiger partial charge in [-0.15, -0.1) is 23.1 Å². The van der Waals surface area contributed by atoms with Crippen molar-refractivity contribution in [3.05, 3.63) is 33.2 Å². The Hall–Kier alpha value is -3.57. The zero-order valence-electron chi connectivity index (χ0n) is 17.0. The lowest BCUT2D eigenvalue weighted by molar-refractivity contribution is -0.150. The number of nitrogens with one attached hydrogen (secondary N) is 2. The van der Waals surface area contributed by atoms with Gasteiger partial charge in [-0.25, -0.2) is 9.78 Å². The largest absolute Gasteiger partial charge is 0.477 e. The van der Waals surface area contributed by atoms with Gasteiger partial charge in [0.25, 0.3) is 11.8 Å². The molecule has 2 aliphatic heterocycles. The number of hydrogen-bond acceptors (Lipinski definition) is 12. The maximum Gasteiger partial charge on any atom is 0.353 e. The number of rotatable bonds is 8. The highest BCUT2D eigenvalue weighted by atomic mass is 32.2. The van der Waals surface area contributed by atoms with Gasteiger partial charge in [0.1, 0.15) is 22.8 Å². The summed E-state index contributed by atoms with van der Waals surface area (Å²) >= 11 is 3.31. The first-order chi connectivity index (χ1) is 16.1. The van der Waals surface area contributed by atoms with Crippen LogP contribution in [-0.2, 0) is 24.0 Å². The number of fused-ring (bicyclic) bond motifs is 1. The molecule has 1 unspecified atom stereocenters. The van der Waals surface area contributed by atoms with Crippen molar-refractivity contribution in [3.63, 3.8) is 0 Å². The van der Waals surface area contributed by atoms with Gasteiger partial charge in [-0.2, -0.15) is 0 Å². The third-order valence-electron chi connectivity index (χ3n) is 4.41.